The molecule has 0 spiro atoms. The van der Waals surface area contributed by atoms with Crippen molar-refractivity contribution in [3.05, 3.63) is 47.3 Å². The lowest BCUT2D eigenvalue weighted by Gasteiger charge is -2.07. The normalized spacial score (nSPS) is 18.0. The monoisotopic (exact) mass is 259 g/mol. The third-order valence-corrected chi connectivity index (χ3v) is 4.67. The molecular weight excluding hydrogens is 242 g/mol. The van der Waals surface area contributed by atoms with Crippen LogP contribution in [0.2, 0.25) is 0 Å². The summed E-state index contributed by atoms with van der Waals surface area (Å²) in [6.07, 6.45) is 3.22. The fourth-order valence-electron chi connectivity index (χ4n) is 2.42. The summed E-state index contributed by atoms with van der Waals surface area (Å²) in [5, 5.41) is 5.12. The molecule has 2 N–H and O–H groups in total. The van der Waals surface area contributed by atoms with Crippen LogP contribution in [-0.2, 0) is 19.5 Å². The Balaban J connectivity index is 1.72. The molecule has 94 valence electrons. The van der Waals surface area contributed by atoms with Gasteiger partial charge in [0.05, 0.1) is 12.2 Å². The highest BCUT2D eigenvalue weighted by Crippen LogP contribution is 2.37. The molecule has 1 aromatic carbocycles. The van der Waals surface area contributed by atoms with Crippen molar-refractivity contribution in [3.8, 4) is 0 Å². The van der Waals surface area contributed by atoms with Crippen molar-refractivity contribution in [1.29, 1.82) is 0 Å². The lowest BCUT2D eigenvalue weighted by molar-refractivity contribution is 0.590. The molecule has 4 heteroatoms. The largest absolute Gasteiger partial charge is 0.326 e. The zero-order valence-corrected chi connectivity index (χ0v) is 11.3. The number of nitrogens with two attached hydrogens (primary N) is 1. The zero-order valence-electron chi connectivity index (χ0n) is 10.5. The van der Waals surface area contributed by atoms with Crippen LogP contribution in [0.1, 0.15) is 16.8 Å². The van der Waals surface area contributed by atoms with Crippen molar-refractivity contribution in [3.63, 3.8) is 0 Å². The van der Waals surface area contributed by atoms with Crippen LogP contribution in [0.3, 0.4) is 0 Å². The summed E-state index contributed by atoms with van der Waals surface area (Å²) < 4.78 is 2.04. The van der Waals surface area contributed by atoms with Crippen LogP contribution in [0, 0.1) is 6.92 Å². The lowest BCUT2D eigenvalue weighted by atomic mass is 10.1. The maximum Gasteiger partial charge on any atom is 0.0638 e. The maximum atomic E-state index is 5.68. The first kappa shape index (κ1) is 11.8. The zero-order chi connectivity index (χ0) is 12.5. The molecule has 1 aliphatic rings. The van der Waals surface area contributed by atoms with E-state index in [1.807, 2.05) is 23.4 Å². The second-order valence-electron chi connectivity index (χ2n) is 4.72. The summed E-state index contributed by atoms with van der Waals surface area (Å²) in [5.41, 5.74) is 9.35. The summed E-state index contributed by atoms with van der Waals surface area (Å²) in [7, 11) is 0. The van der Waals surface area contributed by atoms with Crippen molar-refractivity contribution in [1.82, 2.24) is 9.78 Å². The van der Waals surface area contributed by atoms with Crippen molar-refractivity contribution >= 4 is 11.8 Å². The molecule has 3 rings (SSSR count). The first-order valence-corrected chi connectivity index (χ1v) is 7.12. The van der Waals surface area contributed by atoms with E-state index >= 15 is 0 Å². The van der Waals surface area contributed by atoms with Gasteiger partial charge < -0.3 is 5.73 Å². The predicted molar refractivity (Wildman–Crippen MR) is 74.6 cm³/mol. The molecule has 3 nitrogen and oxygen atoms in total. The van der Waals surface area contributed by atoms with Crippen LogP contribution in [0.25, 0.3) is 0 Å². The van der Waals surface area contributed by atoms with Crippen LogP contribution in [0.5, 0.6) is 0 Å². The van der Waals surface area contributed by atoms with Gasteiger partial charge in [0.1, 0.15) is 0 Å². The number of thioether (sulfide) groups is 1. The van der Waals surface area contributed by atoms with Crippen molar-refractivity contribution in [2.24, 2.45) is 5.73 Å². The number of rotatable bonds is 3. The van der Waals surface area contributed by atoms with Crippen molar-refractivity contribution in [2.75, 3.05) is 0 Å². The van der Waals surface area contributed by atoms with Crippen molar-refractivity contribution < 1.29 is 0 Å². The van der Waals surface area contributed by atoms with E-state index in [9.17, 15) is 0 Å². The van der Waals surface area contributed by atoms with Gasteiger partial charge >= 0.3 is 0 Å². The predicted octanol–water partition coefficient (Wildman–Crippen LogP) is 2.37. The highest BCUT2D eigenvalue weighted by molar-refractivity contribution is 8.00. The molecule has 0 saturated carbocycles. The number of nitrogens with zero attached hydrogens (tertiary/aromatic N) is 2. The third kappa shape index (κ3) is 2.18. The van der Waals surface area contributed by atoms with E-state index < -0.39 is 0 Å². The van der Waals surface area contributed by atoms with Gasteiger partial charge in [0.25, 0.3) is 0 Å². The quantitative estimate of drug-likeness (QED) is 0.920. The molecule has 0 radical (unpaired) electrons. The SMILES string of the molecule is Cc1nn(CC2Cc3ccccc3S2)cc1CN. The number of hydrogen-bond donors (Lipinski definition) is 1. The van der Waals surface area contributed by atoms with Gasteiger partial charge in [-0.2, -0.15) is 5.10 Å². The summed E-state index contributed by atoms with van der Waals surface area (Å²) in [4.78, 5) is 1.42. The smallest absolute Gasteiger partial charge is 0.0638 e. The molecule has 1 aliphatic heterocycles. The number of aromatic nitrogens is 2. The molecule has 1 unspecified atom stereocenters. The average Bonchev–Trinajstić information content (AvgIpc) is 2.92. The molecule has 2 heterocycles. The lowest BCUT2D eigenvalue weighted by Crippen LogP contribution is -2.12. The maximum absolute atomic E-state index is 5.68. The van der Waals surface area contributed by atoms with Gasteiger partial charge in [-0.3, -0.25) is 4.68 Å². The Labute approximate surface area is 111 Å². The fraction of sp³-hybridized carbons (Fsp3) is 0.357. The summed E-state index contributed by atoms with van der Waals surface area (Å²) in [5.74, 6) is 0. The van der Waals surface area contributed by atoms with E-state index in [1.165, 1.54) is 10.5 Å². The van der Waals surface area contributed by atoms with Crippen LogP contribution in [0.15, 0.2) is 35.4 Å². The van der Waals surface area contributed by atoms with E-state index in [4.69, 9.17) is 5.73 Å². The molecule has 0 fully saturated rings. The number of fused-ring (bicyclic) bond motifs is 1. The Morgan fingerprint density at radius 1 is 1.44 bits per heavy atom. The molecule has 2 aromatic rings. The Morgan fingerprint density at radius 2 is 2.28 bits per heavy atom. The van der Waals surface area contributed by atoms with Gasteiger partial charge in [-0.25, -0.2) is 0 Å². The van der Waals surface area contributed by atoms with Crippen LogP contribution >= 0.6 is 11.8 Å². The van der Waals surface area contributed by atoms with Crippen LogP contribution < -0.4 is 5.73 Å². The number of aryl methyl sites for hydroxylation is 1. The van der Waals surface area contributed by atoms with E-state index in [2.05, 4.69) is 35.6 Å². The molecular formula is C14H17N3S. The molecule has 18 heavy (non-hydrogen) atoms. The molecule has 0 saturated heterocycles. The summed E-state index contributed by atoms with van der Waals surface area (Å²) >= 11 is 1.96. The van der Waals surface area contributed by atoms with E-state index in [1.54, 1.807) is 0 Å². The minimum atomic E-state index is 0.573. The molecule has 0 amide bonds. The second-order valence-corrected chi connectivity index (χ2v) is 6.06. The van der Waals surface area contributed by atoms with E-state index in [0.717, 1.165) is 24.2 Å². The standard InChI is InChI=1S/C14H17N3S/c1-10-12(7-15)8-17(16-10)9-13-6-11-4-2-3-5-14(11)18-13/h2-5,8,13H,6-7,9,15H2,1H3. The molecule has 1 aromatic heterocycles. The molecule has 0 aliphatic carbocycles. The second kappa shape index (κ2) is 4.78. The molecule has 1 atom stereocenters. The van der Waals surface area contributed by atoms with Crippen molar-refractivity contribution in [2.45, 2.75) is 36.6 Å². The highest BCUT2D eigenvalue weighted by atomic mass is 32.2. The van der Waals surface area contributed by atoms with Gasteiger partial charge in [0.15, 0.2) is 0 Å². The van der Waals surface area contributed by atoms with Gasteiger partial charge in [-0.05, 0) is 25.0 Å². The average molecular weight is 259 g/mol. The number of hydrogen-bond acceptors (Lipinski definition) is 3. The Hall–Kier alpha value is -1.26. The van der Waals surface area contributed by atoms with Gasteiger partial charge in [-0.1, -0.05) is 18.2 Å². The third-order valence-electron chi connectivity index (χ3n) is 3.37. The Kier molecular flexibility index (Phi) is 3.14. The van der Waals surface area contributed by atoms with Crippen LogP contribution in [0.4, 0.5) is 0 Å². The highest BCUT2D eigenvalue weighted by Gasteiger charge is 2.22. The number of benzene rings is 1. The summed E-state index contributed by atoms with van der Waals surface area (Å²) in [6, 6.07) is 8.66. The van der Waals surface area contributed by atoms with Gasteiger partial charge in [0.2, 0.25) is 0 Å². The minimum absolute atomic E-state index is 0.573. The first-order chi connectivity index (χ1) is 8.76. The van der Waals surface area contributed by atoms with E-state index in [-0.39, 0.29) is 0 Å². The van der Waals surface area contributed by atoms with Gasteiger partial charge in [0, 0.05) is 28.5 Å². The topological polar surface area (TPSA) is 43.8 Å². The Bertz CT molecular complexity index is 537. The Morgan fingerprint density at radius 3 is 3.00 bits per heavy atom. The first-order valence-electron chi connectivity index (χ1n) is 6.24. The minimum Gasteiger partial charge on any atom is -0.326 e. The fourth-order valence-corrected chi connectivity index (χ4v) is 3.73. The van der Waals surface area contributed by atoms with Gasteiger partial charge in [-0.15, -0.1) is 11.8 Å². The van der Waals surface area contributed by atoms with Crippen LogP contribution in [-0.4, -0.2) is 15.0 Å². The summed E-state index contributed by atoms with van der Waals surface area (Å²) in [6.45, 7) is 3.55. The molecule has 0 bridgehead atoms. The van der Waals surface area contributed by atoms with E-state index in [0.29, 0.717) is 11.8 Å².